The summed E-state index contributed by atoms with van der Waals surface area (Å²) in [5, 5.41) is -0.339. The molecule has 0 saturated carbocycles. The van der Waals surface area contributed by atoms with Crippen LogP contribution in [-0.4, -0.2) is 32.0 Å². The maximum absolute atomic E-state index is 13.1. The Morgan fingerprint density at radius 2 is 1.77 bits per heavy atom. The van der Waals surface area contributed by atoms with Crippen molar-refractivity contribution >= 4 is 11.1 Å². The maximum Gasteiger partial charge on any atom is 0.157 e. The molecule has 1 aliphatic heterocycles. The Kier molecular flexibility index (Phi) is 4.66. The normalized spacial score (nSPS) is 23.5. The van der Waals surface area contributed by atoms with Crippen molar-refractivity contribution in [1.29, 1.82) is 0 Å². The lowest BCUT2D eigenvalue weighted by Crippen LogP contribution is -2.24. The Balaban J connectivity index is 1.77. The standard InChI is InChI=1S/C17H18FNO2S/c18-15-8-6-14(7-9-15)16-11-19(12-17(16)22(20)21)10-13-4-2-1-3-5-13/h1-9,16-17H,10-12H2,(H,20,21)/t16-,17+/m0/s1. The van der Waals surface area contributed by atoms with E-state index in [1.165, 1.54) is 17.7 Å². The lowest BCUT2D eigenvalue weighted by molar-refractivity contribution is 0.326. The van der Waals surface area contributed by atoms with Gasteiger partial charge in [-0.25, -0.2) is 8.60 Å². The first-order valence-electron chi connectivity index (χ1n) is 7.25. The molecule has 0 bridgehead atoms. The van der Waals surface area contributed by atoms with Gasteiger partial charge in [0.05, 0.1) is 5.25 Å². The molecule has 0 spiro atoms. The van der Waals surface area contributed by atoms with Gasteiger partial charge in [-0.1, -0.05) is 42.5 Å². The van der Waals surface area contributed by atoms with Crippen LogP contribution in [0.15, 0.2) is 54.6 Å². The largest absolute Gasteiger partial charge is 0.306 e. The molecule has 1 N–H and O–H groups in total. The monoisotopic (exact) mass is 319 g/mol. The van der Waals surface area contributed by atoms with Gasteiger partial charge in [-0.3, -0.25) is 4.90 Å². The van der Waals surface area contributed by atoms with E-state index in [1.807, 2.05) is 18.2 Å². The number of likely N-dealkylation sites (tertiary alicyclic amines) is 1. The van der Waals surface area contributed by atoms with Crippen molar-refractivity contribution in [2.75, 3.05) is 13.1 Å². The third kappa shape index (κ3) is 3.43. The molecule has 1 fully saturated rings. The van der Waals surface area contributed by atoms with Crippen LogP contribution in [0.4, 0.5) is 4.39 Å². The topological polar surface area (TPSA) is 40.5 Å². The Morgan fingerprint density at radius 3 is 2.41 bits per heavy atom. The van der Waals surface area contributed by atoms with Gasteiger partial charge < -0.3 is 4.55 Å². The van der Waals surface area contributed by atoms with Gasteiger partial charge in [0.2, 0.25) is 0 Å². The summed E-state index contributed by atoms with van der Waals surface area (Å²) >= 11 is -1.89. The minimum atomic E-state index is -1.89. The summed E-state index contributed by atoms with van der Waals surface area (Å²) in [4.78, 5) is 2.18. The molecule has 5 heteroatoms. The van der Waals surface area contributed by atoms with Gasteiger partial charge in [-0.05, 0) is 23.3 Å². The van der Waals surface area contributed by atoms with Crippen molar-refractivity contribution < 1.29 is 13.2 Å². The zero-order valence-electron chi connectivity index (χ0n) is 12.1. The molecular formula is C17H18FNO2S. The van der Waals surface area contributed by atoms with E-state index in [1.54, 1.807) is 12.1 Å². The number of nitrogens with zero attached hydrogens (tertiary/aromatic N) is 1. The predicted octanol–water partition coefficient (Wildman–Crippen LogP) is 3.02. The summed E-state index contributed by atoms with van der Waals surface area (Å²) in [6.07, 6.45) is 0. The highest BCUT2D eigenvalue weighted by Gasteiger charge is 2.37. The van der Waals surface area contributed by atoms with E-state index in [2.05, 4.69) is 17.0 Å². The smallest absolute Gasteiger partial charge is 0.157 e. The molecule has 0 amide bonds. The second-order valence-electron chi connectivity index (χ2n) is 5.65. The van der Waals surface area contributed by atoms with Crippen LogP contribution in [0.3, 0.4) is 0 Å². The van der Waals surface area contributed by atoms with Crippen molar-refractivity contribution in [3.8, 4) is 0 Å². The van der Waals surface area contributed by atoms with Gasteiger partial charge in [-0.2, -0.15) is 0 Å². The van der Waals surface area contributed by atoms with Crippen LogP contribution in [0.1, 0.15) is 17.0 Å². The first kappa shape index (κ1) is 15.3. The summed E-state index contributed by atoms with van der Waals surface area (Å²) in [6.45, 7) is 2.03. The van der Waals surface area contributed by atoms with Gasteiger partial charge in [0.15, 0.2) is 11.1 Å². The SMILES string of the molecule is O=S(O)[C@@H]1CN(Cc2ccccc2)C[C@H]1c1ccc(F)cc1. The van der Waals surface area contributed by atoms with Crippen LogP contribution in [0.25, 0.3) is 0 Å². The van der Waals surface area contributed by atoms with Crippen molar-refractivity contribution in [2.45, 2.75) is 17.7 Å². The fraction of sp³-hybridized carbons (Fsp3) is 0.294. The zero-order chi connectivity index (χ0) is 15.5. The van der Waals surface area contributed by atoms with Crippen LogP contribution in [-0.2, 0) is 17.6 Å². The average molecular weight is 319 g/mol. The molecule has 116 valence electrons. The molecule has 0 aromatic heterocycles. The Labute approximate surface area is 132 Å². The Hall–Kier alpha value is -1.56. The quantitative estimate of drug-likeness (QED) is 0.881. The fourth-order valence-corrected chi connectivity index (χ4v) is 3.92. The molecule has 1 heterocycles. The summed E-state index contributed by atoms with van der Waals surface area (Å²) in [7, 11) is 0. The van der Waals surface area contributed by atoms with E-state index in [-0.39, 0.29) is 17.0 Å². The molecule has 3 rings (SSSR count). The van der Waals surface area contributed by atoms with Crippen molar-refractivity contribution in [3.63, 3.8) is 0 Å². The summed E-state index contributed by atoms with van der Waals surface area (Å²) in [5.74, 6) is -0.334. The first-order chi connectivity index (χ1) is 10.6. The van der Waals surface area contributed by atoms with E-state index in [4.69, 9.17) is 0 Å². The van der Waals surface area contributed by atoms with E-state index in [0.29, 0.717) is 13.1 Å². The molecule has 3 atom stereocenters. The van der Waals surface area contributed by atoms with Gasteiger partial charge in [0.1, 0.15) is 5.82 Å². The number of hydrogen-bond donors (Lipinski definition) is 1. The first-order valence-corrected chi connectivity index (χ1v) is 8.42. The van der Waals surface area contributed by atoms with Crippen LogP contribution in [0.5, 0.6) is 0 Å². The molecule has 3 nitrogen and oxygen atoms in total. The lowest BCUT2D eigenvalue weighted by Gasteiger charge is -2.16. The van der Waals surface area contributed by atoms with E-state index in [0.717, 1.165) is 12.1 Å². The van der Waals surface area contributed by atoms with Gasteiger partial charge in [0, 0.05) is 25.6 Å². The van der Waals surface area contributed by atoms with Gasteiger partial charge in [-0.15, -0.1) is 0 Å². The fourth-order valence-electron chi connectivity index (χ4n) is 3.06. The van der Waals surface area contributed by atoms with E-state index < -0.39 is 11.1 Å². The molecule has 2 aromatic carbocycles. The molecule has 0 aliphatic carbocycles. The van der Waals surface area contributed by atoms with Crippen molar-refractivity contribution in [3.05, 3.63) is 71.5 Å². The third-order valence-electron chi connectivity index (χ3n) is 4.15. The number of rotatable bonds is 4. The van der Waals surface area contributed by atoms with Crippen LogP contribution < -0.4 is 0 Å². The summed E-state index contributed by atoms with van der Waals surface area (Å²) < 4.78 is 34.3. The number of hydrogen-bond acceptors (Lipinski definition) is 2. The highest BCUT2D eigenvalue weighted by Crippen LogP contribution is 2.31. The molecule has 1 saturated heterocycles. The van der Waals surface area contributed by atoms with Gasteiger partial charge in [0.25, 0.3) is 0 Å². The minimum absolute atomic E-state index is 0.0462. The predicted molar refractivity (Wildman–Crippen MR) is 85.4 cm³/mol. The molecule has 2 aromatic rings. The van der Waals surface area contributed by atoms with Crippen molar-refractivity contribution in [2.24, 2.45) is 0 Å². The Bertz CT molecular complexity index is 647. The minimum Gasteiger partial charge on any atom is -0.306 e. The summed E-state index contributed by atoms with van der Waals surface area (Å²) in [6, 6.07) is 16.3. The molecule has 22 heavy (non-hydrogen) atoms. The van der Waals surface area contributed by atoms with Crippen LogP contribution in [0, 0.1) is 5.82 Å². The van der Waals surface area contributed by atoms with Crippen molar-refractivity contribution in [1.82, 2.24) is 4.90 Å². The lowest BCUT2D eigenvalue weighted by atomic mass is 9.98. The second-order valence-corrected chi connectivity index (χ2v) is 6.81. The molecule has 1 aliphatic rings. The second kappa shape index (κ2) is 6.69. The maximum atomic E-state index is 13.1. The average Bonchev–Trinajstić information content (AvgIpc) is 2.93. The molecule has 0 radical (unpaired) electrons. The summed E-state index contributed by atoms with van der Waals surface area (Å²) in [5.41, 5.74) is 2.11. The molecule has 1 unspecified atom stereocenters. The third-order valence-corrected chi connectivity index (χ3v) is 5.14. The van der Waals surface area contributed by atoms with E-state index in [9.17, 15) is 13.2 Å². The van der Waals surface area contributed by atoms with E-state index >= 15 is 0 Å². The van der Waals surface area contributed by atoms with Gasteiger partial charge >= 0.3 is 0 Å². The Morgan fingerprint density at radius 1 is 1.09 bits per heavy atom. The number of halogens is 1. The number of benzene rings is 2. The molecular weight excluding hydrogens is 301 g/mol. The zero-order valence-corrected chi connectivity index (χ0v) is 12.9. The van der Waals surface area contributed by atoms with Crippen LogP contribution in [0.2, 0.25) is 0 Å². The highest BCUT2D eigenvalue weighted by molar-refractivity contribution is 7.80. The van der Waals surface area contributed by atoms with Crippen LogP contribution >= 0.6 is 0 Å². The highest BCUT2D eigenvalue weighted by atomic mass is 32.2.